The Balaban J connectivity index is 2.16. The van der Waals surface area contributed by atoms with Gasteiger partial charge in [0.05, 0.1) is 23.5 Å². The molecule has 1 aromatic carbocycles. The van der Waals surface area contributed by atoms with Crippen LogP contribution in [-0.2, 0) is 7.05 Å². The van der Waals surface area contributed by atoms with Crippen LogP contribution < -0.4 is 5.56 Å². The van der Waals surface area contributed by atoms with Crippen molar-refractivity contribution in [2.45, 2.75) is 5.92 Å². The monoisotopic (exact) mass is 310 g/mol. The molecule has 3 aromatic rings. The molecule has 0 fully saturated rings. The summed E-state index contributed by atoms with van der Waals surface area (Å²) in [6.45, 7) is 0. The summed E-state index contributed by atoms with van der Waals surface area (Å²) in [5.74, 6) is -0.737. The average molecular weight is 311 g/mol. The molecule has 0 N–H and O–H groups in total. The Morgan fingerprint density at radius 2 is 2.05 bits per heavy atom. The molecule has 0 saturated heterocycles. The molecule has 1 atom stereocenters. The van der Waals surface area contributed by atoms with Crippen LogP contribution in [0.5, 0.6) is 0 Å². The number of nitriles is 1. The summed E-state index contributed by atoms with van der Waals surface area (Å²) in [4.78, 5) is 16.4. The van der Waals surface area contributed by atoms with Gasteiger partial charge in [-0.05, 0) is 12.1 Å². The lowest BCUT2D eigenvalue weighted by atomic mass is 9.98. The maximum atomic E-state index is 11.9. The van der Waals surface area contributed by atoms with Crippen molar-refractivity contribution in [3.05, 3.63) is 69.2 Å². The highest BCUT2D eigenvalue weighted by Crippen LogP contribution is 2.27. The number of rotatable bonds is 2. The van der Waals surface area contributed by atoms with E-state index in [-0.39, 0.29) is 5.02 Å². The van der Waals surface area contributed by atoms with Gasteiger partial charge in [0.1, 0.15) is 10.9 Å². The highest BCUT2D eigenvalue weighted by molar-refractivity contribution is 6.31. The summed E-state index contributed by atoms with van der Waals surface area (Å²) in [7, 11) is 1.51. The Morgan fingerprint density at radius 1 is 1.27 bits per heavy atom. The number of benzene rings is 1. The van der Waals surface area contributed by atoms with Crippen LogP contribution in [0.3, 0.4) is 0 Å². The van der Waals surface area contributed by atoms with Gasteiger partial charge in [0.25, 0.3) is 5.56 Å². The van der Waals surface area contributed by atoms with Crippen molar-refractivity contribution in [3.8, 4) is 6.07 Å². The van der Waals surface area contributed by atoms with Gasteiger partial charge in [0.2, 0.25) is 0 Å². The molecule has 0 aliphatic rings. The maximum Gasteiger partial charge on any atom is 0.285 e. The van der Waals surface area contributed by atoms with Crippen molar-refractivity contribution < 1.29 is 0 Å². The Morgan fingerprint density at radius 3 is 2.82 bits per heavy atom. The summed E-state index contributed by atoms with van der Waals surface area (Å²) >= 11 is 6.09. The zero-order valence-corrected chi connectivity index (χ0v) is 12.4. The molecule has 6 heteroatoms. The maximum absolute atomic E-state index is 11.9. The minimum absolute atomic E-state index is 0.000918. The van der Waals surface area contributed by atoms with Crippen LogP contribution in [0.4, 0.5) is 0 Å². The lowest BCUT2D eigenvalue weighted by Gasteiger charge is -2.11. The van der Waals surface area contributed by atoms with E-state index >= 15 is 0 Å². The molecule has 0 saturated carbocycles. The number of hydrogen-bond acceptors (Lipinski definition) is 4. The molecule has 0 aliphatic carbocycles. The van der Waals surface area contributed by atoms with Gasteiger partial charge < -0.3 is 0 Å². The molecule has 108 valence electrons. The van der Waals surface area contributed by atoms with Crippen molar-refractivity contribution in [2.24, 2.45) is 7.05 Å². The van der Waals surface area contributed by atoms with E-state index in [0.29, 0.717) is 11.3 Å². The van der Waals surface area contributed by atoms with Gasteiger partial charge in [0.15, 0.2) is 0 Å². The number of para-hydroxylation sites is 1. The lowest BCUT2D eigenvalue weighted by Crippen LogP contribution is -2.22. The van der Waals surface area contributed by atoms with Gasteiger partial charge in [-0.2, -0.15) is 10.4 Å². The van der Waals surface area contributed by atoms with E-state index in [1.54, 1.807) is 6.07 Å². The normalized spacial score (nSPS) is 12.0. The van der Waals surface area contributed by atoms with Gasteiger partial charge in [-0.15, -0.1) is 0 Å². The Bertz CT molecular complexity index is 958. The van der Waals surface area contributed by atoms with E-state index in [4.69, 9.17) is 11.6 Å². The van der Waals surface area contributed by atoms with E-state index in [9.17, 15) is 10.1 Å². The fourth-order valence-corrected chi connectivity index (χ4v) is 2.54. The van der Waals surface area contributed by atoms with Crippen LogP contribution in [0.1, 0.15) is 17.2 Å². The minimum Gasteiger partial charge on any atom is -0.266 e. The molecular weight excluding hydrogens is 300 g/mol. The first kappa shape index (κ1) is 14.2. The van der Waals surface area contributed by atoms with Crippen LogP contribution in [0.15, 0.2) is 47.4 Å². The second-order valence-electron chi connectivity index (χ2n) is 4.83. The third kappa shape index (κ3) is 2.34. The summed E-state index contributed by atoms with van der Waals surface area (Å²) < 4.78 is 1.13. The highest BCUT2D eigenvalue weighted by Gasteiger charge is 2.21. The fraction of sp³-hybridized carbons (Fsp3) is 0.125. The quantitative estimate of drug-likeness (QED) is 0.729. The SMILES string of the molecule is Cn1ncc([C@H](C#N)c2ccc3ccccc3n2)c(Cl)c1=O. The molecule has 0 aliphatic heterocycles. The molecule has 0 spiro atoms. The zero-order valence-electron chi connectivity index (χ0n) is 11.7. The molecule has 0 bridgehead atoms. The molecule has 5 nitrogen and oxygen atoms in total. The first-order chi connectivity index (χ1) is 10.6. The van der Waals surface area contributed by atoms with Gasteiger partial charge in [0, 0.05) is 18.0 Å². The van der Waals surface area contributed by atoms with Crippen molar-refractivity contribution in [3.63, 3.8) is 0 Å². The van der Waals surface area contributed by atoms with Gasteiger partial charge >= 0.3 is 0 Å². The number of nitrogens with zero attached hydrogens (tertiary/aromatic N) is 4. The fourth-order valence-electron chi connectivity index (χ4n) is 2.26. The highest BCUT2D eigenvalue weighted by atomic mass is 35.5. The number of pyridine rings is 1. The molecule has 2 heterocycles. The standard InChI is InChI=1S/C16H11ClN4O/c1-21-16(22)15(17)12(9-19-21)11(8-18)14-7-6-10-4-2-3-5-13(10)20-14/h2-7,9,11H,1H3/t11-/m0/s1. The molecule has 3 rings (SSSR count). The van der Waals surface area contributed by atoms with Crippen LogP contribution in [0.2, 0.25) is 5.02 Å². The molecular formula is C16H11ClN4O. The van der Waals surface area contributed by atoms with Crippen LogP contribution in [0, 0.1) is 11.3 Å². The third-order valence-electron chi connectivity index (χ3n) is 3.46. The Labute approximate surface area is 131 Å². The largest absolute Gasteiger partial charge is 0.285 e. The van der Waals surface area contributed by atoms with Crippen molar-refractivity contribution in [2.75, 3.05) is 0 Å². The summed E-state index contributed by atoms with van der Waals surface area (Å²) in [5, 5.41) is 14.4. The number of hydrogen-bond donors (Lipinski definition) is 0. The summed E-state index contributed by atoms with van der Waals surface area (Å²) in [6, 6.07) is 13.4. The molecule has 0 amide bonds. The molecule has 0 unspecified atom stereocenters. The van der Waals surface area contributed by atoms with E-state index in [2.05, 4.69) is 16.2 Å². The average Bonchev–Trinajstić information content (AvgIpc) is 2.55. The van der Waals surface area contributed by atoms with Gasteiger partial charge in [-0.1, -0.05) is 35.9 Å². The second kappa shape index (κ2) is 5.58. The Hall–Kier alpha value is -2.71. The summed E-state index contributed by atoms with van der Waals surface area (Å²) in [5.41, 5.74) is 1.27. The number of fused-ring (bicyclic) bond motifs is 1. The van der Waals surface area contributed by atoms with Gasteiger partial charge in [-0.25, -0.2) is 4.68 Å². The van der Waals surface area contributed by atoms with E-state index in [0.717, 1.165) is 15.6 Å². The number of aromatic nitrogens is 3. The number of halogens is 1. The van der Waals surface area contributed by atoms with Crippen LogP contribution >= 0.6 is 11.6 Å². The minimum atomic E-state index is -0.737. The third-order valence-corrected chi connectivity index (χ3v) is 3.84. The molecule has 2 aromatic heterocycles. The Kier molecular flexibility index (Phi) is 3.61. The topological polar surface area (TPSA) is 71.6 Å². The van der Waals surface area contributed by atoms with Gasteiger partial charge in [-0.3, -0.25) is 9.78 Å². The second-order valence-corrected chi connectivity index (χ2v) is 5.21. The lowest BCUT2D eigenvalue weighted by molar-refractivity contribution is 0.697. The summed E-state index contributed by atoms with van der Waals surface area (Å²) in [6.07, 6.45) is 1.44. The predicted octanol–water partition coefficient (Wildman–Crippen LogP) is 2.64. The van der Waals surface area contributed by atoms with Crippen LogP contribution in [0.25, 0.3) is 10.9 Å². The zero-order chi connectivity index (χ0) is 15.7. The first-order valence-corrected chi connectivity index (χ1v) is 6.96. The number of aryl methyl sites for hydroxylation is 1. The van der Waals surface area contributed by atoms with E-state index in [1.165, 1.54) is 13.2 Å². The van der Waals surface area contributed by atoms with E-state index < -0.39 is 11.5 Å². The predicted molar refractivity (Wildman–Crippen MR) is 83.7 cm³/mol. The van der Waals surface area contributed by atoms with Crippen molar-refractivity contribution in [1.29, 1.82) is 5.26 Å². The smallest absolute Gasteiger partial charge is 0.266 e. The van der Waals surface area contributed by atoms with Crippen molar-refractivity contribution in [1.82, 2.24) is 14.8 Å². The molecule has 0 radical (unpaired) electrons. The van der Waals surface area contributed by atoms with Crippen molar-refractivity contribution >= 4 is 22.5 Å². The first-order valence-electron chi connectivity index (χ1n) is 6.59. The van der Waals surface area contributed by atoms with E-state index in [1.807, 2.05) is 30.3 Å². The van der Waals surface area contributed by atoms with Crippen LogP contribution in [-0.4, -0.2) is 14.8 Å². The molecule has 22 heavy (non-hydrogen) atoms.